The number of carbonyl (C=O) groups excluding carboxylic acids is 1. The maximum absolute atomic E-state index is 12.3. The molecule has 0 radical (unpaired) electrons. The van der Waals surface area contributed by atoms with Crippen molar-refractivity contribution in [3.05, 3.63) is 22.7 Å². The van der Waals surface area contributed by atoms with E-state index >= 15 is 0 Å². The summed E-state index contributed by atoms with van der Waals surface area (Å²) in [6.07, 6.45) is 5.98. The van der Waals surface area contributed by atoms with Crippen LogP contribution in [-0.2, 0) is 7.05 Å². The van der Waals surface area contributed by atoms with Crippen molar-refractivity contribution in [1.29, 1.82) is 0 Å². The Labute approximate surface area is 115 Å². The summed E-state index contributed by atoms with van der Waals surface area (Å²) in [4.78, 5) is 13.8. The van der Waals surface area contributed by atoms with Crippen LogP contribution >= 0.6 is 11.3 Å². The Morgan fingerprint density at radius 3 is 2.84 bits per heavy atom. The van der Waals surface area contributed by atoms with Gasteiger partial charge in [0.2, 0.25) is 0 Å². The summed E-state index contributed by atoms with van der Waals surface area (Å²) in [5.41, 5.74) is 7.53. The van der Waals surface area contributed by atoms with Crippen molar-refractivity contribution in [2.45, 2.75) is 25.8 Å². The van der Waals surface area contributed by atoms with Gasteiger partial charge in [0, 0.05) is 13.1 Å². The second-order valence-electron chi connectivity index (χ2n) is 4.85. The van der Waals surface area contributed by atoms with Gasteiger partial charge >= 0.3 is 0 Å². The van der Waals surface area contributed by atoms with Crippen LogP contribution in [0.15, 0.2) is 12.2 Å². The van der Waals surface area contributed by atoms with Crippen LogP contribution in [-0.4, -0.2) is 21.7 Å². The van der Waals surface area contributed by atoms with E-state index in [1.165, 1.54) is 11.3 Å². The number of nitrogens with zero attached hydrogens (tertiary/aromatic N) is 2. The first kappa shape index (κ1) is 12.2. The Kier molecular flexibility index (Phi) is 2.82. The highest BCUT2D eigenvalue weighted by Crippen LogP contribution is 2.35. The molecule has 0 unspecified atom stereocenters. The predicted octanol–water partition coefficient (Wildman–Crippen LogP) is 1.97. The number of rotatable bonds is 2. The maximum Gasteiger partial charge on any atom is 0.263 e. The van der Waals surface area contributed by atoms with Gasteiger partial charge in [-0.15, -0.1) is 11.3 Å². The molecule has 1 aliphatic rings. The molecule has 3 rings (SSSR count). The Morgan fingerprint density at radius 1 is 1.53 bits per heavy atom. The topological polar surface area (TPSA) is 72.9 Å². The first-order valence-electron chi connectivity index (χ1n) is 6.25. The number of thiophene rings is 1. The van der Waals surface area contributed by atoms with E-state index in [0.29, 0.717) is 10.6 Å². The van der Waals surface area contributed by atoms with Gasteiger partial charge in [-0.2, -0.15) is 5.10 Å². The average Bonchev–Trinajstić information content (AvgIpc) is 3.01. The van der Waals surface area contributed by atoms with Gasteiger partial charge in [-0.25, -0.2) is 0 Å². The molecule has 19 heavy (non-hydrogen) atoms. The molecule has 0 aromatic carbocycles. The van der Waals surface area contributed by atoms with Gasteiger partial charge in [0.15, 0.2) is 0 Å². The number of anilines is 1. The van der Waals surface area contributed by atoms with Crippen molar-refractivity contribution in [3.8, 4) is 0 Å². The number of aryl methyl sites for hydroxylation is 2. The summed E-state index contributed by atoms with van der Waals surface area (Å²) in [7, 11) is 1.87. The second kappa shape index (κ2) is 4.38. The number of hydrogen-bond donors (Lipinski definition) is 2. The van der Waals surface area contributed by atoms with E-state index < -0.39 is 0 Å². The summed E-state index contributed by atoms with van der Waals surface area (Å²) in [6, 6.07) is 0.205. The van der Waals surface area contributed by atoms with Crippen LogP contribution in [0.4, 0.5) is 5.69 Å². The zero-order valence-electron chi connectivity index (χ0n) is 10.9. The molecule has 0 bridgehead atoms. The van der Waals surface area contributed by atoms with E-state index in [2.05, 4.69) is 22.6 Å². The van der Waals surface area contributed by atoms with Crippen molar-refractivity contribution in [3.63, 3.8) is 0 Å². The molecule has 0 saturated carbocycles. The summed E-state index contributed by atoms with van der Waals surface area (Å²) >= 11 is 1.41. The maximum atomic E-state index is 12.3. The molecule has 2 aromatic heterocycles. The molecule has 2 aromatic rings. The molecular weight excluding hydrogens is 260 g/mol. The van der Waals surface area contributed by atoms with Crippen LogP contribution in [0.1, 0.15) is 28.2 Å². The largest absolute Gasteiger partial charge is 0.397 e. The molecule has 5 nitrogen and oxygen atoms in total. The second-order valence-corrected chi connectivity index (χ2v) is 5.85. The van der Waals surface area contributed by atoms with E-state index in [1.807, 2.05) is 14.0 Å². The molecular formula is C13H16N4OS. The van der Waals surface area contributed by atoms with Crippen molar-refractivity contribution in [2.24, 2.45) is 7.05 Å². The van der Waals surface area contributed by atoms with Crippen LogP contribution in [0.3, 0.4) is 0 Å². The van der Waals surface area contributed by atoms with Crippen LogP contribution in [0.2, 0.25) is 0 Å². The lowest BCUT2D eigenvalue weighted by Crippen LogP contribution is -2.32. The molecule has 1 aliphatic carbocycles. The van der Waals surface area contributed by atoms with Gasteiger partial charge in [0.25, 0.3) is 5.91 Å². The number of nitrogen functional groups attached to an aromatic ring is 1. The number of aromatic nitrogens is 2. The predicted molar refractivity (Wildman–Crippen MR) is 77.4 cm³/mol. The molecule has 0 fully saturated rings. The number of carbonyl (C=O) groups is 1. The Morgan fingerprint density at radius 2 is 2.21 bits per heavy atom. The summed E-state index contributed by atoms with van der Waals surface area (Å²) in [5.74, 6) is -0.0770. The van der Waals surface area contributed by atoms with Crippen LogP contribution in [0.25, 0.3) is 10.2 Å². The standard InChI is InChI=1S/C13H16N4OS/c1-7-9-10(14)11(19-13(9)17(2)16-7)12(18)15-8-5-3-4-6-8/h3-4,8H,5-6,14H2,1-2H3,(H,15,18). The minimum atomic E-state index is -0.0770. The normalized spacial score (nSPS) is 15.5. The van der Waals surface area contributed by atoms with Gasteiger partial charge in [-0.3, -0.25) is 9.48 Å². The molecule has 6 heteroatoms. The third kappa shape index (κ3) is 1.92. The Hall–Kier alpha value is -1.82. The highest BCUT2D eigenvalue weighted by atomic mass is 32.1. The van der Waals surface area contributed by atoms with E-state index in [9.17, 15) is 4.79 Å². The van der Waals surface area contributed by atoms with Gasteiger partial charge < -0.3 is 11.1 Å². The van der Waals surface area contributed by atoms with Gasteiger partial charge in [0.1, 0.15) is 9.71 Å². The molecule has 2 heterocycles. The van der Waals surface area contributed by atoms with Gasteiger partial charge in [-0.1, -0.05) is 12.2 Å². The number of fused-ring (bicyclic) bond motifs is 1. The van der Waals surface area contributed by atoms with Crippen molar-refractivity contribution in [1.82, 2.24) is 15.1 Å². The summed E-state index contributed by atoms with van der Waals surface area (Å²) < 4.78 is 1.78. The number of hydrogen-bond acceptors (Lipinski definition) is 4. The highest BCUT2D eigenvalue weighted by molar-refractivity contribution is 7.21. The first-order valence-corrected chi connectivity index (χ1v) is 7.07. The molecule has 1 amide bonds. The fourth-order valence-electron chi connectivity index (χ4n) is 2.48. The van der Waals surface area contributed by atoms with Crippen molar-refractivity contribution < 1.29 is 4.79 Å². The molecule has 3 N–H and O–H groups in total. The van der Waals surface area contributed by atoms with E-state index in [0.717, 1.165) is 28.8 Å². The monoisotopic (exact) mass is 276 g/mol. The zero-order valence-corrected chi connectivity index (χ0v) is 11.8. The molecule has 0 spiro atoms. The quantitative estimate of drug-likeness (QED) is 0.824. The van der Waals surface area contributed by atoms with E-state index in [1.54, 1.807) is 4.68 Å². The first-order chi connectivity index (χ1) is 9.08. The van der Waals surface area contributed by atoms with Gasteiger partial charge in [-0.05, 0) is 19.8 Å². The van der Waals surface area contributed by atoms with Crippen LogP contribution in [0, 0.1) is 6.92 Å². The summed E-state index contributed by atoms with van der Waals surface area (Å²) in [6.45, 7) is 1.91. The minimum absolute atomic E-state index is 0.0770. The fraction of sp³-hybridized carbons (Fsp3) is 0.385. The Balaban J connectivity index is 1.94. The lowest BCUT2D eigenvalue weighted by atomic mass is 10.2. The van der Waals surface area contributed by atoms with Crippen molar-refractivity contribution >= 4 is 33.1 Å². The van der Waals surface area contributed by atoms with Gasteiger partial charge in [0.05, 0.1) is 16.8 Å². The van der Waals surface area contributed by atoms with E-state index in [-0.39, 0.29) is 11.9 Å². The zero-order chi connectivity index (χ0) is 13.6. The third-order valence-electron chi connectivity index (χ3n) is 3.43. The third-order valence-corrected chi connectivity index (χ3v) is 4.70. The van der Waals surface area contributed by atoms with Crippen molar-refractivity contribution in [2.75, 3.05) is 5.73 Å². The van der Waals surface area contributed by atoms with E-state index in [4.69, 9.17) is 5.73 Å². The highest BCUT2D eigenvalue weighted by Gasteiger charge is 2.22. The smallest absolute Gasteiger partial charge is 0.263 e. The lowest BCUT2D eigenvalue weighted by Gasteiger charge is -2.11. The van der Waals surface area contributed by atoms with Crippen LogP contribution < -0.4 is 11.1 Å². The average molecular weight is 276 g/mol. The minimum Gasteiger partial charge on any atom is -0.397 e. The molecule has 100 valence electrons. The number of amides is 1. The lowest BCUT2D eigenvalue weighted by molar-refractivity contribution is 0.0944. The molecule has 0 saturated heterocycles. The SMILES string of the molecule is Cc1nn(C)c2sc(C(=O)NC3CC=CC3)c(N)c12. The Bertz CT molecular complexity index is 674. The number of nitrogens with one attached hydrogen (secondary N) is 1. The molecule has 0 atom stereocenters. The molecule has 0 aliphatic heterocycles. The fourth-order valence-corrected chi connectivity index (χ4v) is 3.57. The van der Waals surface area contributed by atoms with Crippen LogP contribution in [0.5, 0.6) is 0 Å². The number of nitrogens with two attached hydrogens (primary N) is 1. The summed E-state index contributed by atoms with van der Waals surface area (Å²) in [5, 5.41) is 8.25.